The van der Waals surface area contributed by atoms with E-state index in [2.05, 4.69) is 39.8 Å². The Labute approximate surface area is 199 Å². The SMILES string of the molecule is CC(C)Oc1ccc(-c2nnc(-c3ccc4c(c3)CCNCC4)s2)cc1C#N.O=CC(F)(F)F. The molecule has 0 radical (unpaired) electrons. The van der Waals surface area contributed by atoms with Gasteiger partial charge < -0.3 is 10.1 Å². The molecule has 0 spiro atoms. The molecule has 0 fully saturated rings. The molecule has 4 rings (SSSR count). The monoisotopic (exact) mass is 488 g/mol. The third-order valence-corrected chi connectivity index (χ3v) is 5.89. The first-order valence-corrected chi connectivity index (χ1v) is 11.4. The molecule has 0 unspecified atom stereocenters. The molecule has 0 amide bonds. The lowest BCUT2D eigenvalue weighted by atomic mass is 10.0. The number of carbonyl (C=O) groups is 1. The number of ether oxygens (including phenoxy) is 1. The Morgan fingerprint density at radius 1 is 1.06 bits per heavy atom. The topological polar surface area (TPSA) is 87.9 Å². The fourth-order valence-electron chi connectivity index (χ4n) is 3.37. The van der Waals surface area contributed by atoms with Gasteiger partial charge in [-0.05, 0) is 75.2 Å². The summed E-state index contributed by atoms with van der Waals surface area (Å²) >= 11 is 1.55. The number of nitrogens with zero attached hydrogens (tertiary/aromatic N) is 3. The Kier molecular flexibility index (Phi) is 8.36. The zero-order valence-electron chi connectivity index (χ0n) is 18.6. The van der Waals surface area contributed by atoms with Crippen LogP contribution in [0.15, 0.2) is 36.4 Å². The van der Waals surface area contributed by atoms with E-state index in [-0.39, 0.29) is 6.10 Å². The van der Waals surface area contributed by atoms with E-state index in [0.29, 0.717) is 11.3 Å². The molecule has 6 nitrogen and oxygen atoms in total. The molecular weight excluding hydrogens is 465 g/mol. The number of halogens is 3. The van der Waals surface area contributed by atoms with Crippen molar-refractivity contribution in [1.82, 2.24) is 15.5 Å². The Bertz CT molecular complexity index is 1190. The van der Waals surface area contributed by atoms with Crippen molar-refractivity contribution in [1.29, 1.82) is 5.26 Å². The van der Waals surface area contributed by atoms with E-state index >= 15 is 0 Å². The molecule has 0 aliphatic carbocycles. The quantitative estimate of drug-likeness (QED) is 0.522. The maximum absolute atomic E-state index is 10.4. The number of rotatable bonds is 4. The van der Waals surface area contributed by atoms with E-state index < -0.39 is 12.5 Å². The van der Waals surface area contributed by atoms with Crippen LogP contribution in [0.3, 0.4) is 0 Å². The van der Waals surface area contributed by atoms with Gasteiger partial charge in [0.1, 0.15) is 21.8 Å². The van der Waals surface area contributed by atoms with Crippen LogP contribution in [-0.2, 0) is 17.6 Å². The van der Waals surface area contributed by atoms with Crippen LogP contribution in [0.5, 0.6) is 5.75 Å². The lowest BCUT2D eigenvalue weighted by molar-refractivity contribution is -0.156. The molecule has 2 heterocycles. The van der Waals surface area contributed by atoms with Crippen LogP contribution in [0.2, 0.25) is 0 Å². The minimum atomic E-state index is -4.64. The predicted molar refractivity (Wildman–Crippen MR) is 124 cm³/mol. The second-order valence-electron chi connectivity index (χ2n) is 7.79. The van der Waals surface area contributed by atoms with E-state index in [1.807, 2.05) is 32.0 Å². The molecule has 0 saturated carbocycles. The van der Waals surface area contributed by atoms with Crippen molar-refractivity contribution >= 4 is 17.6 Å². The van der Waals surface area contributed by atoms with E-state index in [9.17, 15) is 18.4 Å². The second kappa shape index (κ2) is 11.2. The highest BCUT2D eigenvalue weighted by atomic mass is 32.1. The van der Waals surface area contributed by atoms with Crippen LogP contribution >= 0.6 is 11.3 Å². The van der Waals surface area contributed by atoms with Gasteiger partial charge in [0.05, 0.1) is 11.7 Å². The first-order chi connectivity index (χ1) is 16.2. The van der Waals surface area contributed by atoms with Crippen LogP contribution in [0, 0.1) is 11.3 Å². The van der Waals surface area contributed by atoms with Gasteiger partial charge in [-0.1, -0.05) is 23.5 Å². The summed E-state index contributed by atoms with van der Waals surface area (Å²) in [7, 11) is 0. The van der Waals surface area contributed by atoms with Crippen molar-refractivity contribution < 1.29 is 22.7 Å². The molecule has 3 aromatic rings. The van der Waals surface area contributed by atoms with E-state index in [4.69, 9.17) is 9.53 Å². The van der Waals surface area contributed by atoms with Gasteiger partial charge in [0.25, 0.3) is 0 Å². The zero-order valence-corrected chi connectivity index (χ0v) is 19.5. The van der Waals surface area contributed by atoms with Gasteiger partial charge in [0, 0.05) is 11.1 Å². The summed E-state index contributed by atoms with van der Waals surface area (Å²) in [6.07, 6.45) is -3.57. The van der Waals surface area contributed by atoms with Crippen LogP contribution < -0.4 is 10.1 Å². The van der Waals surface area contributed by atoms with Crippen LogP contribution in [-0.4, -0.2) is 41.9 Å². The van der Waals surface area contributed by atoms with Crippen LogP contribution in [0.25, 0.3) is 21.1 Å². The normalized spacial score (nSPS) is 13.2. The lowest BCUT2D eigenvalue weighted by Crippen LogP contribution is -2.16. The Morgan fingerprint density at radius 2 is 1.65 bits per heavy atom. The summed E-state index contributed by atoms with van der Waals surface area (Å²) in [5, 5.41) is 23.4. The highest BCUT2D eigenvalue weighted by molar-refractivity contribution is 7.17. The number of aldehydes is 1. The van der Waals surface area contributed by atoms with Gasteiger partial charge >= 0.3 is 6.18 Å². The standard InChI is InChI=1S/C22H22N4OS.C2HF3O/c1-14(2)27-20-6-5-18(12-19(20)13-23)22-26-25-21(28-22)17-4-3-15-7-9-24-10-8-16(15)11-17;3-2(4,5)1-6/h3-6,11-12,14,24H,7-10H2,1-2H3;1H. The van der Waals surface area contributed by atoms with Gasteiger partial charge in [0.15, 0.2) is 0 Å². The number of alkyl halides is 3. The van der Waals surface area contributed by atoms with Crippen molar-refractivity contribution in [3.8, 4) is 33.0 Å². The summed E-state index contributed by atoms with van der Waals surface area (Å²) in [4.78, 5) is 8.70. The average molecular weight is 489 g/mol. The van der Waals surface area contributed by atoms with Crippen molar-refractivity contribution in [3.05, 3.63) is 53.1 Å². The van der Waals surface area contributed by atoms with E-state index in [1.54, 1.807) is 11.3 Å². The molecule has 1 N–H and O–H groups in total. The Hall–Kier alpha value is -3.29. The largest absolute Gasteiger partial charge is 0.490 e. The molecule has 34 heavy (non-hydrogen) atoms. The first-order valence-electron chi connectivity index (χ1n) is 10.6. The number of fused-ring (bicyclic) bond motifs is 1. The molecule has 2 aromatic carbocycles. The minimum Gasteiger partial charge on any atom is -0.490 e. The van der Waals surface area contributed by atoms with Crippen molar-refractivity contribution in [2.24, 2.45) is 0 Å². The Balaban J connectivity index is 0.000000481. The lowest BCUT2D eigenvalue weighted by Gasteiger charge is -2.11. The van der Waals surface area contributed by atoms with Crippen molar-refractivity contribution in [3.63, 3.8) is 0 Å². The van der Waals surface area contributed by atoms with Crippen LogP contribution in [0.1, 0.15) is 30.5 Å². The van der Waals surface area contributed by atoms with E-state index in [0.717, 1.165) is 47.1 Å². The zero-order chi connectivity index (χ0) is 24.7. The Morgan fingerprint density at radius 3 is 2.24 bits per heavy atom. The molecule has 0 bridgehead atoms. The van der Waals surface area contributed by atoms with Gasteiger partial charge in [-0.15, -0.1) is 10.2 Å². The number of nitrogens with one attached hydrogen (secondary N) is 1. The summed E-state index contributed by atoms with van der Waals surface area (Å²) in [5.74, 6) is 0.602. The third kappa shape index (κ3) is 6.85. The highest BCUT2D eigenvalue weighted by Crippen LogP contribution is 2.33. The fraction of sp³-hybridized carbons (Fsp3) is 0.333. The molecule has 1 aliphatic rings. The summed E-state index contributed by atoms with van der Waals surface area (Å²) in [6.45, 7) is 5.94. The number of aromatic nitrogens is 2. The first kappa shape index (κ1) is 25.3. The molecule has 10 heteroatoms. The van der Waals surface area contributed by atoms with Gasteiger partial charge in [-0.2, -0.15) is 18.4 Å². The van der Waals surface area contributed by atoms with Gasteiger partial charge in [0.2, 0.25) is 6.29 Å². The van der Waals surface area contributed by atoms with Crippen LogP contribution in [0.4, 0.5) is 13.2 Å². The molecule has 0 atom stereocenters. The maximum atomic E-state index is 10.4. The molecular formula is C24H23F3N4O2S. The van der Waals surface area contributed by atoms with Gasteiger partial charge in [-0.25, -0.2) is 0 Å². The van der Waals surface area contributed by atoms with Gasteiger partial charge in [-0.3, -0.25) is 4.79 Å². The number of carbonyl (C=O) groups excluding carboxylic acids is 1. The number of benzene rings is 2. The second-order valence-corrected chi connectivity index (χ2v) is 8.77. The van der Waals surface area contributed by atoms with Crippen molar-refractivity contribution in [2.75, 3.05) is 13.1 Å². The highest BCUT2D eigenvalue weighted by Gasteiger charge is 2.25. The number of nitriles is 1. The smallest absolute Gasteiger partial charge is 0.446 e. The fourth-order valence-corrected chi connectivity index (χ4v) is 4.21. The third-order valence-electron chi connectivity index (χ3n) is 4.86. The predicted octanol–water partition coefficient (Wildman–Crippen LogP) is 4.97. The molecule has 178 valence electrons. The average Bonchev–Trinajstić information content (AvgIpc) is 3.18. The minimum absolute atomic E-state index is 0.0227. The number of hydrogen-bond donors (Lipinski definition) is 1. The maximum Gasteiger partial charge on any atom is 0.446 e. The van der Waals surface area contributed by atoms with Crippen molar-refractivity contribution in [2.45, 2.75) is 39.0 Å². The summed E-state index contributed by atoms with van der Waals surface area (Å²) in [5.41, 5.74) is 5.31. The molecule has 0 saturated heterocycles. The number of hydrogen-bond acceptors (Lipinski definition) is 7. The molecule has 1 aliphatic heterocycles. The summed E-state index contributed by atoms with van der Waals surface area (Å²) < 4.78 is 37.0. The van der Waals surface area contributed by atoms with E-state index in [1.165, 1.54) is 11.1 Å². The summed E-state index contributed by atoms with van der Waals surface area (Å²) in [6, 6.07) is 14.4. The molecule has 1 aromatic heterocycles.